The number of aromatic nitrogens is 5. The van der Waals surface area contributed by atoms with E-state index in [1.54, 1.807) is 4.90 Å². The van der Waals surface area contributed by atoms with Crippen LogP contribution in [0.3, 0.4) is 0 Å². The highest BCUT2D eigenvalue weighted by molar-refractivity contribution is 5.90. The first-order valence-corrected chi connectivity index (χ1v) is 11.1. The highest BCUT2D eigenvalue weighted by Gasteiger charge is 2.62. The van der Waals surface area contributed by atoms with Crippen LogP contribution in [0.2, 0.25) is 0 Å². The van der Waals surface area contributed by atoms with E-state index < -0.39 is 34.7 Å². The Morgan fingerprint density at radius 1 is 1.20 bits per heavy atom. The van der Waals surface area contributed by atoms with E-state index in [-0.39, 0.29) is 17.7 Å². The number of likely N-dealkylation sites (tertiary alicyclic amines) is 1. The fourth-order valence-electron chi connectivity index (χ4n) is 5.09. The van der Waals surface area contributed by atoms with Crippen molar-refractivity contribution in [2.24, 2.45) is 5.92 Å². The first kappa shape index (κ1) is 23.1. The number of halogens is 4. The summed E-state index contributed by atoms with van der Waals surface area (Å²) >= 11 is 0. The molecule has 0 unspecified atom stereocenters. The lowest BCUT2D eigenvalue weighted by Gasteiger charge is -2.61. The van der Waals surface area contributed by atoms with E-state index in [1.807, 2.05) is 6.92 Å². The number of nitrogens with zero attached hydrogens (tertiary/aromatic N) is 6. The average molecular weight is 491 g/mol. The number of carbonyl (C=O) groups is 1. The van der Waals surface area contributed by atoms with Gasteiger partial charge in [0.1, 0.15) is 11.4 Å². The highest BCUT2D eigenvalue weighted by Crippen LogP contribution is 2.55. The molecular formula is C22H21F4N7O2. The zero-order valence-corrected chi connectivity index (χ0v) is 18.8. The van der Waals surface area contributed by atoms with Gasteiger partial charge in [0.15, 0.2) is 11.6 Å². The lowest BCUT2D eigenvalue weighted by atomic mass is 9.64. The van der Waals surface area contributed by atoms with Crippen molar-refractivity contribution in [2.45, 2.75) is 57.3 Å². The zero-order chi connectivity index (χ0) is 25.0. The fourth-order valence-corrected chi connectivity index (χ4v) is 5.09. The minimum Gasteiger partial charge on any atom is -0.423 e. The predicted octanol–water partition coefficient (Wildman–Crippen LogP) is 4.57. The van der Waals surface area contributed by atoms with Gasteiger partial charge in [-0.25, -0.2) is 24.1 Å². The van der Waals surface area contributed by atoms with Gasteiger partial charge in [-0.05, 0) is 24.8 Å². The molecule has 0 radical (unpaired) electrons. The quantitative estimate of drug-likeness (QED) is 0.532. The molecule has 3 aromatic heterocycles. The summed E-state index contributed by atoms with van der Waals surface area (Å²) in [7, 11) is 0. The normalized spacial score (nSPS) is 23.7. The lowest BCUT2D eigenvalue weighted by Crippen LogP contribution is -2.70. The standard InChI is InChI=1S/C22H21F4N7O2/c1-3-17-31-32-19(35-17)21-6-11(2)4-13(7-21)33(21)20(34)30-16-5-14(15(10-27-16)22(24,25)26)18-28-8-12(23)9-29-18/h5,8-11,13H,3-4,6-7H2,1-2H3,(H,27,30,34)/t11-,13-,21+/m1/s1. The minimum atomic E-state index is -4.76. The molecule has 2 bridgehead atoms. The zero-order valence-electron chi connectivity index (χ0n) is 18.8. The Hall–Kier alpha value is -3.64. The second kappa shape index (κ2) is 8.24. The Balaban J connectivity index is 1.46. The third kappa shape index (κ3) is 3.98. The number of pyridine rings is 1. The number of carbonyl (C=O) groups excluding carboxylic acids is 1. The Labute approximate surface area is 197 Å². The number of fused-ring (bicyclic) bond motifs is 2. The van der Waals surface area contributed by atoms with Gasteiger partial charge in [-0.2, -0.15) is 13.2 Å². The Kier molecular flexibility index (Phi) is 5.44. The van der Waals surface area contributed by atoms with Crippen LogP contribution in [0.1, 0.15) is 50.5 Å². The van der Waals surface area contributed by atoms with Crippen LogP contribution in [0.15, 0.2) is 29.1 Å². The SMILES string of the molecule is CCc1nnc([C@]23C[C@H](C)C[C@H](C2)N3C(=O)Nc2cc(-c3ncc(F)cn3)c(C(F)(F)F)cn2)o1. The molecule has 2 amide bonds. The maximum absolute atomic E-state index is 13.6. The predicted molar refractivity (Wildman–Crippen MR) is 113 cm³/mol. The second-order valence-corrected chi connectivity index (χ2v) is 8.93. The molecule has 1 aliphatic carbocycles. The van der Waals surface area contributed by atoms with E-state index in [2.05, 4.69) is 37.4 Å². The summed E-state index contributed by atoms with van der Waals surface area (Å²) in [5.41, 5.74) is -2.31. The van der Waals surface area contributed by atoms with Crippen LogP contribution >= 0.6 is 0 Å². The number of amides is 2. The Morgan fingerprint density at radius 3 is 2.60 bits per heavy atom. The number of piperidine rings is 1. The van der Waals surface area contributed by atoms with Crippen LogP contribution < -0.4 is 5.32 Å². The number of nitrogens with one attached hydrogen (secondary N) is 1. The van der Waals surface area contributed by atoms with Crippen molar-refractivity contribution < 1.29 is 26.8 Å². The number of anilines is 1. The van der Waals surface area contributed by atoms with Crippen LogP contribution in [0.25, 0.3) is 11.4 Å². The van der Waals surface area contributed by atoms with E-state index in [0.29, 0.717) is 43.2 Å². The smallest absolute Gasteiger partial charge is 0.418 e. The van der Waals surface area contributed by atoms with Gasteiger partial charge in [-0.15, -0.1) is 10.2 Å². The molecule has 1 saturated carbocycles. The van der Waals surface area contributed by atoms with Gasteiger partial charge < -0.3 is 9.32 Å². The topological polar surface area (TPSA) is 110 Å². The van der Waals surface area contributed by atoms with E-state index in [9.17, 15) is 22.4 Å². The number of hydrogen-bond acceptors (Lipinski definition) is 7. The van der Waals surface area contributed by atoms with E-state index >= 15 is 0 Å². The molecule has 5 rings (SSSR count). The van der Waals surface area contributed by atoms with Gasteiger partial charge in [0, 0.05) is 30.6 Å². The molecule has 2 aliphatic rings. The van der Waals surface area contributed by atoms with E-state index in [0.717, 1.165) is 24.9 Å². The summed E-state index contributed by atoms with van der Waals surface area (Å²) in [6.07, 6.45) is -0.0194. The van der Waals surface area contributed by atoms with Crippen LogP contribution in [0.4, 0.5) is 28.2 Å². The minimum absolute atomic E-state index is 0.0786. The molecule has 4 heterocycles. The van der Waals surface area contributed by atoms with Crippen molar-refractivity contribution in [2.75, 3.05) is 5.32 Å². The van der Waals surface area contributed by atoms with Crippen molar-refractivity contribution in [1.29, 1.82) is 0 Å². The van der Waals surface area contributed by atoms with Gasteiger partial charge >= 0.3 is 12.2 Å². The van der Waals surface area contributed by atoms with Gasteiger partial charge in [-0.1, -0.05) is 13.8 Å². The number of aryl methyl sites for hydroxylation is 1. The summed E-state index contributed by atoms with van der Waals surface area (Å²) in [6, 6.07) is 0.411. The lowest BCUT2D eigenvalue weighted by molar-refractivity contribution is -0.137. The molecule has 3 aromatic rings. The molecule has 0 spiro atoms. The molecule has 1 saturated heterocycles. The third-order valence-electron chi connectivity index (χ3n) is 6.45. The third-order valence-corrected chi connectivity index (χ3v) is 6.45. The maximum Gasteiger partial charge on any atom is 0.418 e. The summed E-state index contributed by atoms with van der Waals surface area (Å²) in [5, 5.41) is 10.8. The van der Waals surface area contributed by atoms with E-state index in [1.165, 1.54) is 0 Å². The van der Waals surface area contributed by atoms with Crippen LogP contribution in [0.5, 0.6) is 0 Å². The fraction of sp³-hybridized carbons (Fsp3) is 0.455. The van der Waals surface area contributed by atoms with Crippen molar-refractivity contribution in [3.05, 3.63) is 47.8 Å². The molecule has 0 aromatic carbocycles. The van der Waals surface area contributed by atoms with Crippen molar-refractivity contribution in [3.63, 3.8) is 0 Å². The van der Waals surface area contributed by atoms with Crippen molar-refractivity contribution >= 4 is 11.8 Å². The molecule has 3 atom stereocenters. The van der Waals surface area contributed by atoms with Gasteiger partial charge in [0.2, 0.25) is 11.8 Å². The largest absolute Gasteiger partial charge is 0.423 e. The van der Waals surface area contributed by atoms with Crippen molar-refractivity contribution in [1.82, 2.24) is 30.0 Å². The monoisotopic (exact) mass is 491 g/mol. The molecule has 9 nitrogen and oxygen atoms in total. The summed E-state index contributed by atoms with van der Waals surface area (Å²) in [6.45, 7) is 3.96. The van der Waals surface area contributed by atoms with Gasteiger partial charge in [0.25, 0.3) is 0 Å². The van der Waals surface area contributed by atoms with Crippen LogP contribution in [0, 0.1) is 11.7 Å². The molecule has 2 fully saturated rings. The molecule has 13 heteroatoms. The van der Waals surface area contributed by atoms with Gasteiger partial charge in [-0.3, -0.25) is 5.32 Å². The summed E-state index contributed by atoms with van der Waals surface area (Å²) in [5.74, 6) is -0.125. The second-order valence-electron chi connectivity index (χ2n) is 8.93. The number of urea groups is 1. The van der Waals surface area contributed by atoms with Crippen LogP contribution in [-0.2, 0) is 18.1 Å². The Bertz CT molecular complexity index is 1260. The molecule has 1 aliphatic heterocycles. The maximum atomic E-state index is 13.6. The summed E-state index contributed by atoms with van der Waals surface area (Å²) in [4.78, 5) is 26.0. The number of hydrogen-bond donors (Lipinski definition) is 1. The van der Waals surface area contributed by atoms with Crippen LogP contribution in [-0.4, -0.2) is 42.1 Å². The molecule has 1 N–H and O–H groups in total. The number of alkyl halides is 3. The molecular weight excluding hydrogens is 470 g/mol. The molecule has 35 heavy (non-hydrogen) atoms. The Morgan fingerprint density at radius 2 is 1.94 bits per heavy atom. The number of rotatable bonds is 4. The van der Waals surface area contributed by atoms with E-state index in [4.69, 9.17) is 4.42 Å². The van der Waals surface area contributed by atoms with Gasteiger partial charge in [0.05, 0.1) is 18.0 Å². The first-order valence-electron chi connectivity index (χ1n) is 11.1. The first-order chi connectivity index (χ1) is 16.6. The summed E-state index contributed by atoms with van der Waals surface area (Å²) < 4.78 is 59.7. The highest BCUT2D eigenvalue weighted by atomic mass is 19.4. The average Bonchev–Trinajstić information content (AvgIpc) is 3.28. The molecule has 184 valence electrons. The van der Waals surface area contributed by atoms with Crippen molar-refractivity contribution in [3.8, 4) is 11.4 Å².